The van der Waals surface area contributed by atoms with Crippen molar-refractivity contribution in [3.63, 3.8) is 0 Å². The Bertz CT molecular complexity index is 531. The van der Waals surface area contributed by atoms with Crippen molar-refractivity contribution in [3.8, 4) is 0 Å². The highest BCUT2D eigenvalue weighted by molar-refractivity contribution is 7.91. The molecule has 0 fully saturated rings. The molecule has 0 aliphatic rings. The van der Waals surface area contributed by atoms with E-state index >= 15 is 0 Å². The minimum absolute atomic E-state index is 0.0417. The lowest BCUT2D eigenvalue weighted by molar-refractivity contribution is 0.593. The molecule has 1 rings (SSSR count). The average molecular weight is 331 g/mol. The second kappa shape index (κ2) is 6.33. The van der Waals surface area contributed by atoms with Crippen molar-refractivity contribution >= 4 is 50.3 Å². The molecule has 0 radical (unpaired) electrons. The summed E-state index contributed by atoms with van der Waals surface area (Å²) in [6.45, 7) is 3.39. The Morgan fingerprint density at radius 3 is 2.28 bits per heavy atom. The number of sulfone groups is 1. The molecule has 0 aliphatic heterocycles. The Balaban J connectivity index is 2.82. The molecule has 1 atom stereocenters. The van der Waals surface area contributed by atoms with Crippen molar-refractivity contribution in [2.24, 2.45) is 0 Å². The fourth-order valence-electron chi connectivity index (χ4n) is 1.44. The maximum absolute atomic E-state index is 11.5. The van der Waals surface area contributed by atoms with Gasteiger partial charge in [-0.05, 0) is 19.1 Å². The van der Waals surface area contributed by atoms with E-state index in [0.29, 0.717) is 20.8 Å². The standard InChI is InChI=1S/C11H14Cl3NO2S/c1-3-18(16,17)6-7(2)15-11-5-9(13)8(12)4-10(11)14/h4-5,7,15H,3,6H2,1-2H3. The van der Waals surface area contributed by atoms with E-state index in [0.717, 1.165) is 0 Å². The molecule has 0 heterocycles. The predicted molar refractivity (Wildman–Crippen MR) is 78.9 cm³/mol. The zero-order chi connectivity index (χ0) is 13.9. The summed E-state index contributed by atoms with van der Waals surface area (Å²) in [5.74, 6) is 0.161. The first kappa shape index (κ1) is 15.9. The summed E-state index contributed by atoms with van der Waals surface area (Å²) in [5, 5.41) is 4.15. The third-order valence-electron chi connectivity index (χ3n) is 2.36. The molecule has 18 heavy (non-hydrogen) atoms. The average Bonchev–Trinajstić information content (AvgIpc) is 2.25. The van der Waals surface area contributed by atoms with Crippen LogP contribution in [0.3, 0.4) is 0 Å². The summed E-state index contributed by atoms with van der Waals surface area (Å²) in [6, 6.07) is 2.85. The number of nitrogens with one attached hydrogen (secondary N) is 1. The normalized spacial score (nSPS) is 13.4. The number of hydrogen-bond donors (Lipinski definition) is 1. The van der Waals surface area contributed by atoms with Crippen molar-refractivity contribution in [3.05, 3.63) is 27.2 Å². The van der Waals surface area contributed by atoms with Gasteiger partial charge in [-0.1, -0.05) is 41.7 Å². The van der Waals surface area contributed by atoms with Crippen molar-refractivity contribution < 1.29 is 8.42 Å². The smallest absolute Gasteiger partial charge is 0.152 e. The first-order valence-corrected chi connectivity index (χ1v) is 8.32. The van der Waals surface area contributed by atoms with E-state index in [-0.39, 0.29) is 17.5 Å². The van der Waals surface area contributed by atoms with Crippen LogP contribution in [0.15, 0.2) is 12.1 Å². The third-order valence-corrected chi connectivity index (χ3v) is 5.28. The van der Waals surface area contributed by atoms with Crippen LogP contribution in [0.5, 0.6) is 0 Å². The first-order chi connectivity index (χ1) is 8.25. The summed E-state index contributed by atoms with van der Waals surface area (Å²) in [6.07, 6.45) is 0. The van der Waals surface area contributed by atoms with Gasteiger partial charge in [-0.15, -0.1) is 0 Å². The molecule has 0 saturated carbocycles. The topological polar surface area (TPSA) is 46.2 Å². The van der Waals surface area contributed by atoms with E-state index < -0.39 is 9.84 Å². The van der Waals surface area contributed by atoms with Crippen LogP contribution in [0.1, 0.15) is 13.8 Å². The van der Waals surface area contributed by atoms with E-state index in [1.54, 1.807) is 19.9 Å². The SMILES string of the molecule is CCS(=O)(=O)CC(C)Nc1cc(Cl)c(Cl)cc1Cl. The molecule has 0 spiro atoms. The van der Waals surface area contributed by atoms with Crippen molar-refractivity contribution in [1.82, 2.24) is 0 Å². The van der Waals surface area contributed by atoms with E-state index in [9.17, 15) is 8.42 Å². The van der Waals surface area contributed by atoms with Gasteiger partial charge >= 0.3 is 0 Å². The maximum atomic E-state index is 11.5. The van der Waals surface area contributed by atoms with E-state index in [4.69, 9.17) is 34.8 Å². The largest absolute Gasteiger partial charge is 0.380 e. The summed E-state index contributed by atoms with van der Waals surface area (Å²) in [7, 11) is -3.03. The molecule has 0 amide bonds. The highest BCUT2D eigenvalue weighted by atomic mass is 35.5. The van der Waals surface area contributed by atoms with Gasteiger partial charge in [0.2, 0.25) is 0 Å². The summed E-state index contributed by atoms with van der Waals surface area (Å²) < 4.78 is 23.0. The Kier molecular flexibility index (Phi) is 5.59. The molecule has 0 bridgehead atoms. The fourth-order valence-corrected chi connectivity index (χ4v) is 3.12. The molecule has 102 valence electrons. The lowest BCUT2D eigenvalue weighted by Crippen LogP contribution is -2.26. The molecule has 0 aliphatic carbocycles. The quantitative estimate of drug-likeness (QED) is 0.833. The van der Waals surface area contributed by atoms with Crippen LogP contribution >= 0.6 is 34.8 Å². The number of rotatable bonds is 5. The molecule has 0 saturated heterocycles. The van der Waals surface area contributed by atoms with Gasteiger partial charge in [0.25, 0.3) is 0 Å². The summed E-state index contributed by atoms with van der Waals surface area (Å²) >= 11 is 17.7. The zero-order valence-electron chi connectivity index (χ0n) is 10.0. The van der Waals surface area contributed by atoms with Gasteiger partial charge < -0.3 is 5.32 Å². The first-order valence-electron chi connectivity index (χ1n) is 5.36. The summed E-state index contributed by atoms with van der Waals surface area (Å²) in [5.41, 5.74) is 0.574. The maximum Gasteiger partial charge on any atom is 0.152 e. The number of halogens is 3. The van der Waals surface area contributed by atoms with Gasteiger partial charge in [-0.3, -0.25) is 0 Å². The third kappa shape index (κ3) is 4.50. The van der Waals surface area contributed by atoms with Gasteiger partial charge in [0.05, 0.1) is 26.5 Å². The zero-order valence-corrected chi connectivity index (χ0v) is 13.1. The Morgan fingerprint density at radius 1 is 1.17 bits per heavy atom. The fraction of sp³-hybridized carbons (Fsp3) is 0.455. The minimum atomic E-state index is -3.03. The monoisotopic (exact) mass is 329 g/mol. The van der Waals surface area contributed by atoms with Crippen molar-refractivity contribution in [2.45, 2.75) is 19.9 Å². The molecule has 1 aromatic rings. The van der Waals surface area contributed by atoms with Gasteiger partial charge in [0, 0.05) is 11.8 Å². The molecular weight excluding hydrogens is 317 g/mol. The molecule has 7 heteroatoms. The Morgan fingerprint density at radius 2 is 1.72 bits per heavy atom. The molecule has 1 N–H and O–H groups in total. The molecular formula is C11H14Cl3NO2S. The van der Waals surface area contributed by atoms with Crippen LogP contribution in [0.2, 0.25) is 15.1 Å². The lowest BCUT2D eigenvalue weighted by Gasteiger charge is -2.16. The van der Waals surface area contributed by atoms with Crippen molar-refractivity contribution in [2.75, 3.05) is 16.8 Å². The second-order valence-corrected chi connectivity index (χ2v) is 7.61. The number of hydrogen-bond acceptors (Lipinski definition) is 3. The minimum Gasteiger partial charge on any atom is -0.380 e. The van der Waals surface area contributed by atoms with Crippen molar-refractivity contribution in [1.29, 1.82) is 0 Å². The van der Waals surface area contributed by atoms with Gasteiger partial charge in [0.1, 0.15) is 0 Å². The van der Waals surface area contributed by atoms with Crippen LogP contribution in [0.4, 0.5) is 5.69 Å². The van der Waals surface area contributed by atoms with Crippen LogP contribution < -0.4 is 5.32 Å². The second-order valence-electron chi connectivity index (χ2n) is 3.99. The number of anilines is 1. The van der Waals surface area contributed by atoms with E-state index in [2.05, 4.69) is 5.32 Å². The lowest BCUT2D eigenvalue weighted by atomic mass is 10.3. The van der Waals surface area contributed by atoms with Crippen LogP contribution in [0.25, 0.3) is 0 Å². The molecule has 1 aromatic carbocycles. The molecule has 1 unspecified atom stereocenters. The van der Waals surface area contributed by atoms with Gasteiger partial charge in [0.15, 0.2) is 9.84 Å². The van der Waals surface area contributed by atoms with Crippen LogP contribution in [-0.2, 0) is 9.84 Å². The van der Waals surface area contributed by atoms with E-state index in [1.807, 2.05) is 0 Å². The van der Waals surface area contributed by atoms with E-state index in [1.165, 1.54) is 6.07 Å². The van der Waals surface area contributed by atoms with Gasteiger partial charge in [-0.2, -0.15) is 0 Å². The predicted octanol–water partition coefficient (Wildman–Crippen LogP) is 3.88. The highest BCUT2D eigenvalue weighted by Gasteiger charge is 2.15. The van der Waals surface area contributed by atoms with Crippen LogP contribution in [0, 0.1) is 0 Å². The highest BCUT2D eigenvalue weighted by Crippen LogP contribution is 2.32. The van der Waals surface area contributed by atoms with Crippen LogP contribution in [-0.4, -0.2) is 26.0 Å². The number of benzene rings is 1. The molecule has 3 nitrogen and oxygen atoms in total. The summed E-state index contributed by atoms with van der Waals surface area (Å²) in [4.78, 5) is 0. The molecule has 0 aromatic heterocycles. The Hall–Kier alpha value is -0.160. The Labute approximate surface area is 122 Å². The van der Waals surface area contributed by atoms with Gasteiger partial charge in [-0.25, -0.2) is 8.42 Å².